The molecule has 0 radical (unpaired) electrons. The van der Waals surface area contributed by atoms with E-state index in [2.05, 4.69) is 10.2 Å². The standard InChI is InChI=1S/C29H36N2O5/c32-28(33)23-11-9-20(10-12-23)19-35-25-8-4-7-24(17-25)27(22-5-2-1-3-6-22)30-29(34)36-26-18-31-15-13-21(26)14-16-31/h1-8,17,20-21,23,26-27H,9-16,18-19H2,(H,30,34)(H,32,33)/t20?,23?,26?,27-/m0/s1. The maximum absolute atomic E-state index is 13.0. The first-order valence-corrected chi connectivity index (χ1v) is 13.2. The van der Waals surface area contributed by atoms with Crippen molar-refractivity contribution in [1.82, 2.24) is 10.2 Å². The molecule has 0 spiro atoms. The molecule has 2 bridgehead atoms. The Morgan fingerprint density at radius 2 is 1.67 bits per heavy atom. The minimum absolute atomic E-state index is 0.0465. The number of fused-ring (bicyclic) bond motifs is 3. The molecule has 36 heavy (non-hydrogen) atoms. The van der Waals surface area contributed by atoms with E-state index in [-0.39, 0.29) is 24.2 Å². The molecule has 0 aromatic heterocycles. The van der Waals surface area contributed by atoms with Gasteiger partial charge in [0.15, 0.2) is 0 Å². The van der Waals surface area contributed by atoms with Crippen molar-refractivity contribution in [2.24, 2.45) is 17.8 Å². The summed E-state index contributed by atoms with van der Waals surface area (Å²) in [5.41, 5.74) is 1.91. The fourth-order valence-electron chi connectivity index (χ4n) is 5.91. The van der Waals surface area contributed by atoms with Gasteiger partial charge in [0, 0.05) is 6.54 Å². The maximum atomic E-state index is 13.0. The zero-order valence-electron chi connectivity index (χ0n) is 20.7. The number of alkyl carbamates (subject to hydrolysis) is 1. The van der Waals surface area contributed by atoms with Crippen molar-refractivity contribution >= 4 is 12.1 Å². The van der Waals surface area contributed by atoms with E-state index in [9.17, 15) is 14.7 Å². The third-order valence-electron chi connectivity index (χ3n) is 8.12. The fourth-order valence-corrected chi connectivity index (χ4v) is 5.91. The number of carbonyl (C=O) groups excluding carboxylic acids is 1. The Hall–Kier alpha value is -3.06. The Morgan fingerprint density at radius 3 is 2.33 bits per heavy atom. The summed E-state index contributed by atoms with van der Waals surface area (Å²) < 4.78 is 12.0. The molecule has 7 nitrogen and oxygen atoms in total. The number of amides is 1. The largest absolute Gasteiger partial charge is 0.493 e. The molecule has 4 fully saturated rings. The number of nitrogens with zero attached hydrogens (tertiary/aromatic N) is 1. The Bertz CT molecular complexity index is 1030. The first-order chi connectivity index (χ1) is 17.5. The maximum Gasteiger partial charge on any atom is 0.408 e. The summed E-state index contributed by atoms with van der Waals surface area (Å²) >= 11 is 0. The van der Waals surface area contributed by atoms with E-state index < -0.39 is 5.97 Å². The van der Waals surface area contributed by atoms with Crippen molar-refractivity contribution in [1.29, 1.82) is 0 Å². The smallest absolute Gasteiger partial charge is 0.408 e. The highest BCUT2D eigenvalue weighted by atomic mass is 16.6. The molecule has 2 atom stereocenters. The third-order valence-corrected chi connectivity index (χ3v) is 8.12. The lowest BCUT2D eigenvalue weighted by atomic mass is 9.82. The summed E-state index contributed by atoms with van der Waals surface area (Å²) in [5.74, 6) is 0.667. The second-order valence-electron chi connectivity index (χ2n) is 10.5. The van der Waals surface area contributed by atoms with Crippen LogP contribution in [0.5, 0.6) is 5.75 Å². The Morgan fingerprint density at radius 1 is 0.944 bits per heavy atom. The predicted molar refractivity (Wildman–Crippen MR) is 136 cm³/mol. The SMILES string of the molecule is O=C(N[C@@H](c1ccccc1)c1cccc(OCC2CCC(C(=O)O)CC2)c1)OC1CN2CCC1CC2. The van der Waals surface area contributed by atoms with E-state index in [1.54, 1.807) is 0 Å². The van der Waals surface area contributed by atoms with Gasteiger partial charge in [0.2, 0.25) is 0 Å². The van der Waals surface area contributed by atoms with Gasteiger partial charge in [-0.2, -0.15) is 0 Å². The fraction of sp³-hybridized carbons (Fsp3) is 0.517. The van der Waals surface area contributed by atoms with Crippen LogP contribution >= 0.6 is 0 Å². The highest BCUT2D eigenvalue weighted by Crippen LogP contribution is 2.32. The molecule has 1 saturated carbocycles. The van der Waals surface area contributed by atoms with Crippen LogP contribution in [0.15, 0.2) is 54.6 Å². The van der Waals surface area contributed by atoms with Crippen molar-refractivity contribution in [3.63, 3.8) is 0 Å². The molecular weight excluding hydrogens is 456 g/mol. The topological polar surface area (TPSA) is 88.1 Å². The van der Waals surface area contributed by atoms with E-state index in [1.165, 1.54) is 0 Å². The lowest BCUT2D eigenvalue weighted by molar-refractivity contribution is -0.143. The lowest BCUT2D eigenvalue weighted by Gasteiger charge is -2.43. The average molecular weight is 493 g/mol. The summed E-state index contributed by atoms with van der Waals surface area (Å²) in [7, 11) is 0. The molecule has 2 aromatic carbocycles. The molecule has 3 aliphatic heterocycles. The number of hydrogen-bond donors (Lipinski definition) is 2. The van der Waals surface area contributed by atoms with Crippen LogP contribution in [0.1, 0.15) is 55.7 Å². The predicted octanol–water partition coefficient (Wildman–Crippen LogP) is 4.87. The Kier molecular flexibility index (Phi) is 7.75. The van der Waals surface area contributed by atoms with Gasteiger partial charge in [-0.1, -0.05) is 42.5 Å². The Balaban J connectivity index is 1.24. The molecule has 2 N–H and O–H groups in total. The molecule has 4 aliphatic rings. The highest BCUT2D eigenvalue weighted by Gasteiger charge is 2.37. The molecule has 1 amide bonds. The van der Waals surface area contributed by atoms with Crippen LogP contribution in [0, 0.1) is 17.8 Å². The lowest BCUT2D eigenvalue weighted by Crippen LogP contribution is -2.52. The highest BCUT2D eigenvalue weighted by molar-refractivity contribution is 5.70. The molecule has 1 unspecified atom stereocenters. The zero-order chi connectivity index (χ0) is 24.9. The van der Waals surface area contributed by atoms with Crippen molar-refractivity contribution < 1.29 is 24.2 Å². The molecule has 2 aromatic rings. The quantitative estimate of drug-likeness (QED) is 0.547. The van der Waals surface area contributed by atoms with Crippen LogP contribution in [0.3, 0.4) is 0 Å². The van der Waals surface area contributed by atoms with Crippen molar-refractivity contribution in [3.05, 3.63) is 65.7 Å². The van der Waals surface area contributed by atoms with Crippen LogP contribution in [0.2, 0.25) is 0 Å². The van der Waals surface area contributed by atoms with Gasteiger partial charge in [-0.05, 0) is 86.7 Å². The van der Waals surface area contributed by atoms with Crippen molar-refractivity contribution in [2.75, 3.05) is 26.2 Å². The Labute approximate surface area is 212 Å². The number of piperidine rings is 3. The molecule has 192 valence electrons. The molecule has 7 heteroatoms. The van der Waals surface area contributed by atoms with E-state index in [1.807, 2.05) is 54.6 Å². The summed E-state index contributed by atoms with van der Waals surface area (Å²) in [5, 5.41) is 12.3. The second kappa shape index (κ2) is 11.3. The normalized spacial score (nSPS) is 28.2. The van der Waals surface area contributed by atoms with Gasteiger partial charge in [-0.25, -0.2) is 4.79 Å². The summed E-state index contributed by atoms with van der Waals surface area (Å²) in [6.07, 6.45) is 4.93. The molecule has 3 heterocycles. The minimum Gasteiger partial charge on any atom is -0.493 e. The summed E-state index contributed by atoms with van der Waals surface area (Å²) in [6.45, 7) is 3.60. The summed E-state index contributed by atoms with van der Waals surface area (Å²) in [4.78, 5) is 26.6. The van der Waals surface area contributed by atoms with Crippen LogP contribution in [-0.2, 0) is 9.53 Å². The first kappa shape index (κ1) is 24.6. The number of carboxylic acid groups (broad SMARTS) is 1. The second-order valence-corrected chi connectivity index (χ2v) is 10.5. The monoisotopic (exact) mass is 492 g/mol. The van der Waals surface area contributed by atoms with Crippen LogP contribution in [-0.4, -0.2) is 54.4 Å². The zero-order valence-corrected chi connectivity index (χ0v) is 20.7. The van der Waals surface area contributed by atoms with Gasteiger partial charge in [-0.15, -0.1) is 0 Å². The van der Waals surface area contributed by atoms with E-state index in [0.29, 0.717) is 31.3 Å². The average Bonchev–Trinajstić information content (AvgIpc) is 2.92. The number of hydrogen-bond acceptors (Lipinski definition) is 5. The van der Waals surface area contributed by atoms with Crippen molar-refractivity contribution in [3.8, 4) is 5.75 Å². The number of carbonyl (C=O) groups is 2. The van der Waals surface area contributed by atoms with Crippen molar-refractivity contribution in [2.45, 2.75) is 50.7 Å². The van der Waals surface area contributed by atoms with Crippen LogP contribution < -0.4 is 10.1 Å². The van der Waals surface area contributed by atoms with Gasteiger partial charge in [-0.3, -0.25) is 9.69 Å². The van der Waals surface area contributed by atoms with E-state index >= 15 is 0 Å². The molecule has 6 rings (SSSR count). The number of aliphatic carboxylic acids is 1. The number of benzene rings is 2. The number of nitrogens with one attached hydrogen (secondary N) is 1. The van der Waals surface area contributed by atoms with Gasteiger partial charge < -0.3 is 19.9 Å². The van der Waals surface area contributed by atoms with Gasteiger partial charge in [0.25, 0.3) is 0 Å². The number of carboxylic acids is 1. The van der Waals surface area contributed by atoms with Gasteiger partial charge in [0.1, 0.15) is 11.9 Å². The number of rotatable bonds is 8. The third kappa shape index (κ3) is 6.01. The van der Waals surface area contributed by atoms with Gasteiger partial charge >= 0.3 is 12.1 Å². The molecule has 3 saturated heterocycles. The summed E-state index contributed by atoms with van der Waals surface area (Å²) in [6, 6.07) is 17.4. The first-order valence-electron chi connectivity index (χ1n) is 13.2. The van der Waals surface area contributed by atoms with Crippen LogP contribution in [0.25, 0.3) is 0 Å². The minimum atomic E-state index is -0.687. The van der Waals surface area contributed by atoms with E-state index in [0.717, 1.165) is 62.2 Å². The van der Waals surface area contributed by atoms with Gasteiger partial charge in [0.05, 0.1) is 18.6 Å². The van der Waals surface area contributed by atoms with E-state index in [4.69, 9.17) is 9.47 Å². The molecular formula is C29H36N2O5. The molecule has 1 aliphatic carbocycles. The van der Waals surface area contributed by atoms with Crippen LogP contribution in [0.4, 0.5) is 4.79 Å². The number of ether oxygens (including phenoxy) is 2.